The molecule has 0 aliphatic rings. The van der Waals surface area contributed by atoms with Gasteiger partial charge in [0.1, 0.15) is 17.3 Å². The van der Waals surface area contributed by atoms with Crippen molar-refractivity contribution >= 4 is 11.7 Å². The number of aryl methyl sites for hydroxylation is 1. The summed E-state index contributed by atoms with van der Waals surface area (Å²) in [5, 5.41) is 9.60. The Kier molecular flexibility index (Phi) is 5.83. The SMILES string of the molecule is COc1ccc(C(NCC(=O)Nc2cc(C)on2)c2ccc(F)cc2)cc1. The zero-order valence-corrected chi connectivity index (χ0v) is 15.0. The minimum absolute atomic E-state index is 0.0416. The van der Waals surface area contributed by atoms with Gasteiger partial charge in [-0.25, -0.2) is 4.39 Å². The van der Waals surface area contributed by atoms with E-state index in [4.69, 9.17) is 9.26 Å². The molecule has 2 aromatic carbocycles. The molecule has 27 heavy (non-hydrogen) atoms. The summed E-state index contributed by atoms with van der Waals surface area (Å²) in [5.41, 5.74) is 1.76. The molecule has 3 rings (SSSR count). The van der Waals surface area contributed by atoms with Crippen LogP contribution in [0.4, 0.5) is 10.2 Å². The molecule has 0 radical (unpaired) electrons. The zero-order chi connectivity index (χ0) is 19.2. The summed E-state index contributed by atoms with van der Waals surface area (Å²) in [4.78, 5) is 12.2. The number of carbonyl (C=O) groups is 1. The average molecular weight is 369 g/mol. The first kappa shape index (κ1) is 18.6. The second-order valence-corrected chi connectivity index (χ2v) is 6.01. The molecule has 1 atom stereocenters. The Balaban J connectivity index is 1.74. The minimum Gasteiger partial charge on any atom is -0.497 e. The number of ether oxygens (including phenoxy) is 1. The summed E-state index contributed by atoms with van der Waals surface area (Å²) in [6.07, 6.45) is 0. The fourth-order valence-corrected chi connectivity index (χ4v) is 2.69. The number of nitrogens with one attached hydrogen (secondary N) is 2. The normalized spacial score (nSPS) is 11.8. The zero-order valence-electron chi connectivity index (χ0n) is 15.0. The van der Waals surface area contributed by atoms with E-state index < -0.39 is 0 Å². The first-order valence-corrected chi connectivity index (χ1v) is 8.41. The predicted octanol–water partition coefficient (Wildman–Crippen LogP) is 3.45. The number of nitrogens with zero attached hydrogens (tertiary/aromatic N) is 1. The number of hydrogen-bond acceptors (Lipinski definition) is 5. The maximum absolute atomic E-state index is 13.3. The topological polar surface area (TPSA) is 76.4 Å². The quantitative estimate of drug-likeness (QED) is 0.667. The van der Waals surface area contributed by atoms with Gasteiger partial charge in [-0.15, -0.1) is 0 Å². The van der Waals surface area contributed by atoms with Gasteiger partial charge in [-0.2, -0.15) is 0 Å². The molecule has 1 heterocycles. The van der Waals surface area contributed by atoms with E-state index in [2.05, 4.69) is 15.8 Å². The van der Waals surface area contributed by atoms with Crippen molar-refractivity contribution in [2.45, 2.75) is 13.0 Å². The third kappa shape index (κ3) is 4.92. The van der Waals surface area contributed by atoms with E-state index in [0.29, 0.717) is 11.6 Å². The molecule has 0 saturated heterocycles. The second-order valence-electron chi connectivity index (χ2n) is 6.01. The largest absolute Gasteiger partial charge is 0.497 e. The Hall–Kier alpha value is -3.19. The van der Waals surface area contributed by atoms with Crippen molar-refractivity contribution in [3.05, 3.63) is 77.3 Å². The molecule has 1 unspecified atom stereocenters. The maximum atomic E-state index is 13.3. The summed E-state index contributed by atoms with van der Waals surface area (Å²) < 4.78 is 23.4. The summed E-state index contributed by atoms with van der Waals surface area (Å²) >= 11 is 0. The van der Waals surface area contributed by atoms with Crippen molar-refractivity contribution in [1.29, 1.82) is 0 Å². The van der Waals surface area contributed by atoms with Crippen LogP contribution in [0.25, 0.3) is 0 Å². The average Bonchev–Trinajstić information content (AvgIpc) is 3.08. The minimum atomic E-state index is -0.314. The molecule has 6 nitrogen and oxygen atoms in total. The Morgan fingerprint density at radius 1 is 1.15 bits per heavy atom. The predicted molar refractivity (Wildman–Crippen MR) is 99.1 cm³/mol. The number of rotatable bonds is 7. The molecule has 140 valence electrons. The van der Waals surface area contributed by atoms with E-state index in [-0.39, 0.29) is 24.3 Å². The molecular formula is C20H20FN3O3. The smallest absolute Gasteiger partial charge is 0.239 e. The molecule has 0 bridgehead atoms. The van der Waals surface area contributed by atoms with Crippen molar-refractivity contribution in [1.82, 2.24) is 10.5 Å². The summed E-state index contributed by atoms with van der Waals surface area (Å²) in [5.74, 6) is 1.13. The highest BCUT2D eigenvalue weighted by Crippen LogP contribution is 2.24. The van der Waals surface area contributed by atoms with E-state index >= 15 is 0 Å². The molecule has 1 aromatic heterocycles. The van der Waals surface area contributed by atoms with Crippen LogP contribution in [0.15, 0.2) is 59.1 Å². The van der Waals surface area contributed by atoms with Crippen LogP contribution < -0.4 is 15.4 Å². The van der Waals surface area contributed by atoms with Crippen LogP contribution in [0.5, 0.6) is 5.75 Å². The molecule has 0 saturated carbocycles. The Labute approximate surface area is 156 Å². The van der Waals surface area contributed by atoms with Crippen molar-refractivity contribution in [2.24, 2.45) is 0 Å². The van der Waals surface area contributed by atoms with Gasteiger partial charge in [-0.05, 0) is 42.3 Å². The van der Waals surface area contributed by atoms with Crippen LogP contribution in [0.2, 0.25) is 0 Å². The lowest BCUT2D eigenvalue weighted by atomic mass is 9.98. The van der Waals surface area contributed by atoms with Gasteiger partial charge in [0.05, 0.1) is 19.7 Å². The van der Waals surface area contributed by atoms with Crippen LogP contribution in [0, 0.1) is 12.7 Å². The first-order valence-electron chi connectivity index (χ1n) is 8.41. The van der Waals surface area contributed by atoms with E-state index in [9.17, 15) is 9.18 Å². The highest BCUT2D eigenvalue weighted by Gasteiger charge is 2.16. The number of methoxy groups -OCH3 is 1. The Bertz CT molecular complexity index is 892. The lowest BCUT2D eigenvalue weighted by Gasteiger charge is -2.20. The number of hydrogen-bond donors (Lipinski definition) is 2. The number of aromatic nitrogens is 1. The molecule has 0 aliphatic heterocycles. The van der Waals surface area contributed by atoms with Gasteiger partial charge in [-0.1, -0.05) is 29.4 Å². The number of halogens is 1. The molecule has 1 amide bonds. The fourth-order valence-electron chi connectivity index (χ4n) is 2.69. The van der Waals surface area contributed by atoms with Crippen molar-refractivity contribution in [3.8, 4) is 5.75 Å². The van der Waals surface area contributed by atoms with E-state index in [1.807, 2.05) is 24.3 Å². The van der Waals surface area contributed by atoms with Crippen LogP contribution >= 0.6 is 0 Å². The number of anilines is 1. The number of amides is 1. The van der Waals surface area contributed by atoms with Crippen LogP contribution in [-0.4, -0.2) is 24.7 Å². The van der Waals surface area contributed by atoms with Crippen molar-refractivity contribution < 1.29 is 18.4 Å². The lowest BCUT2D eigenvalue weighted by molar-refractivity contribution is -0.115. The van der Waals surface area contributed by atoms with Crippen LogP contribution in [0.3, 0.4) is 0 Å². The monoisotopic (exact) mass is 369 g/mol. The maximum Gasteiger partial charge on any atom is 0.239 e. The standard InChI is InChI=1S/C20H20FN3O3/c1-13-11-18(24-27-13)23-19(25)12-22-20(14-3-7-16(21)8-4-14)15-5-9-17(26-2)10-6-15/h3-11,20,22H,12H2,1-2H3,(H,23,24,25). The second kappa shape index (κ2) is 8.46. The van der Waals surface area contributed by atoms with E-state index in [0.717, 1.165) is 16.9 Å². The Morgan fingerprint density at radius 3 is 2.33 bits per heavy atom. The summed E-state index contributed by atoms with van der Waals surface area (Å²) in [7, 11) is 1.60. The van der Waals surface area contributed by atoms with Gasteiger partial charge in [0.2, 0.25) is 5.91 Å². The highest BCUT2D eigenvalue weighted by atomic mass is 19.1. The third-order valence-corrected chi connectivity index (χ3v) is 4.01. The third-order valence-electron chi connectivity index (χ3n) is 4.01. The lowest BCUT2D eigenvalue weighted by Crippen LogP contribution is -2.32. The van der Waals surface area contributed by atoms with Crippen molar-refractivity contribution in [2.75, 3.05) is 19.0 Å². The van der Waals surface area contributed by atoms with E-state index in [1.165, 1.54) is 12.1 Å². The van der Waals surface area contributed by atoms with Crippen LogP contribution in [0.1, 0.15) is 22.9 Å². The van der Waals surface area contributed by atoms with Gasteiger partial charge in [-0.3, -0.25) is 10.1 Å². The summed E-state index contributed by atoms with van der Waals surface area (Å²) in [6.45, 7) is 1.79. The van der Waals surface area contributed by atoms with Gasteiger partial charge in [0.15, 0.2) is 5.82 Å². The molecule has 2 N–H and O–H groups in total. The van der Waals surface area contributed by atoms with Crippen molar-refractivity contribution in [3.63, 3.8) is 0 Å². The fraction of sp³-hybridized carbons (Fsp3) is 0.200. The molecule has 0 spiro atoms. The van der Waals surface area contributed by atoms with Crippen LogP contribution in [-0.2, 0) is 4.79 Å². The highest BCUT2D eigenvalue weighted by molar-refractivity contribution is 5.91. The Morgan fingerprint density at radius 2 is 1.78 bits per heavy atom. The molecule has 7 heteroatoms. The van der Waals surface area contributed by atoms with Gasteiger partial charge >= 0.3 is 0 Å². The number of benzene rings is 2. The molecular weight excluding hydrogens is 349 g/mol. The molecule has 0 fully saturated rings. The number of carbonyl (C=O) groups excluding carboxylic acids is 1. The van der Waals surface area contributed by atoms with E-state index in [1.54, 1.807) is 32.2 Å². The van der Waals surface area contributed by atoms with Gasteiger partial charge in [0.25, 0.3) is 0 Å². The molecule has 3 aromatic rings. The summed E-state index contributed by atoms with van der Waals surface area (Å²) in [6, 6.07) is 15.0. The molecule has 0 aliphatic carbocycles. The van der Waals surface area contributed by atoms with Gasteiger partial charge < -0.3 is 14.6 Å². The first-order chi connectivity index (χ1) is 13.0. The van der Waals surface area contributed by atoms with Gasteiger partial charge in [0, 0.05) is 6.07 Å².